The van der Waals surface area contributed by atoms with Crippen LogP contribution in [0.2, 0.25) is 0 Å². The van der Waals surface area contributed by atoms with Gasteiger partial charge in [0.1, 0.15) is 0 Å². The molecule has 12 heteroatoms. The topological polar surface area (TPSA) is 69.2 Å². The number of benzene rings is 11. The van der Waals surface area contributed by atoms with Crippen LogP contribution in [-0.2, 0) is 102 Å². The van der Waals surface area contributed by atoms with Gasteiger partial charge in [-0.15, -0.1) is 118 Å². The maximum Gasteiger partial charge on any atom is 0.0639 e. The van der Waals surface area contributed by atoms with Crippen LogP contribution in [0.15, 0.2) is 231 Å². The molecule has 19 rings (SSSR count). The van der Waals surface area contributed by atoms with Crippen molar-refractivity contribution in [1.82, 2.24) is 37.5 Å². The number of hydrogen-bond donors (Lipinski definition) is 0. The predicted molar refractivity (Wildman–Crippen MR) is 484 cm³/mol. The largest absolute Gasteiger partial charge is 0.340 e. The summed E-state index contributed by atoms with van der Waals surface area (Å²) < 4.78 is 8.89. The SMILES string of the molecule is CC(C)(C)c1c[c-]c2c(c1)c1cc(C(C)(C)C)ccc1n1ccnc21.CC(C)(C)c1ccc(-c2cc(C(C)(C)C)cc3c4ccc[c-]c4c4nccn4c23)cc1.CC(C)c1cc(C(C)C)c(-c2ccc3c(c2)c2ccc[c-]c2c2nccn32)c(C(C)C)c1.Cc1ccc2c(c1)c1ccc[c-]c1c1ncc(-c3c(C)cccc3C)n21.[Ir].[Ir].[Ir].[Ir]. The second kappa shape index (κ2) is 34.2. The fraction of sp³-hybridized carbons (Fsp3) is 0.264. The number of aryl methyl sites for hydroxylation is 3. The van der Waals surface area contributed by atoms with Gasteiger partial charge in [0.05, 0.1) is 28.3 Å². The van der Waals surface area contributed by atoms with E-state index in [2.05, 4.69) is 378 Å². The summed E-state index contributed by atoms with van der Waals surface area (Å²) in [7, 11) is 0. The van der Waals surface area contributed by atoms with Crippen molar-refractivity contribution in [3.05, 3.63) is 311 Å². The average molecular weight is 2260 g/mol. The molecule has 19 aromatic rings. The van der Waals surface area contributed by atoms with Crippen molar-refractivity contribution in [3.63, 3.8) is 0 Å². The number of aromatic nitrogens is 8. The Hall–Kier alpha value is -9.14. The monoisotopic (exact) mass is 2260 g/mol. The van der Waals surface area contributed by atoms with Crippen LogP contribution in [0.1, 0.15) is 198 Å². The van der Waals surface area contributed by atoms with Crippen molar-refractivity contribution in [2.75, 3.05) is 0 Å². The van der Waals surface area contributed by atoms with Crippen LogP contribution >= 0.6 is 0 Å². The third-order valence-electron chi connectivity index (χ3n) is 23.3. The zero-order valence-corrected chi connectivity index (χ0v) is 81.2. The summed E-state index contributed by atoms with van der Waals surface area (Å²) in [4.78, 5) is 18.7. The second-order valence-corrected chi connectivity index (χ2v) is 36.5. The van der Waals surface area contributed by atoms with Crippen LogP contribution in [0.4, 0.5) is 0 Å². The van der Waals surface area contributed by atoms with Crippen molar-refractivity contribution in [1.29, 1.82) is 0 Å². The first-order valence-electron chi connectivity index (χ1n) is 40.6. The Kier molecular flexibility index (Phi) is 25.5. The Labute approximate surface area is 750 Å². The molecule has 0 aliphatic rings. The fourth-order valence-corrected chi connectivity index (χ4v) is 16.9. The molecule has 0 fully saturated rings. The minimum atomic E-state index is 0. The third-order valence-corrected chi connectivity index (χ3v) is 23.3. The first-order chi connectivity index (χ1) is 54.3. The van der Waals surface area contributed by atoms with Gasteiger partial charge in [0.25, 0.3) is 0 Å². The van der Waals surface area contributed by atoms with E-state index in [1.165, 1.54) is 149 Å². The van der Waals surface area contributed by atoms with Crippen molar-refractivity contribution < 1.29 is 80.4 Å². The minimum Gasteiger partial charge on any atom is -0.340 e. The molecule has 0 amide bonds. The molecule has 11 aromatic carbocycles. The van der Waals surface area contributed by atoms with Crippen molar-refractivity contribution in [3.8, 4) is 33.5 Å². The number of rotatable bonds is 6. The summed E-state index contributed by atoms with van der Waals surface area (Å²) in [5.41, 5.74) is 30.1. The van der Waals surface area contributed by atoms with Gasteiger partial charge in [-0.2, -0.15) is 0 Å². The number of nitrogens with zero attached hydrogens (tertiary/aromatic N) is 8. The zero-order valence-electron chi connectivity index (χ0n) is 71.6. The van der Waals surface area contributed by atoms with Gasteiger partial charge in [-0.25, -0.2) is 0 Å². The maximum absolute atomic E-state index is 4.81. The van der Waals surface area contributed by atoms with Crippen LogP contribution in [0, 0.1) is 45.0 Å². The van der Waals surface area contributed by atoms with Crippen LogP contribution in [0.25, 0.3) is 143 Å². The standard InChI is InChI=1S/C30H31N2.C29H29N2.C24H19N2.C23H25N2.4Ir/c1-18(2)22-16-25(19(3)4)29(26(17-22)20(5)6)21-11-12-28-27(15-21)23-9-7-8-10-24(23)30-31-13-14-32(28)30;1-28(2,3)20-13-11-19(12-14-20)24-17-21(29(4,5)6)18-25-22-9-7-8-10-23(22)27-30-15-16-31(27)26(24)25;1-15-11-12-21-20(13-15)18-9-4-5-10-19(18)24-25-14-22(26(21)24)23-16(2)7-6-8-17(23)3;1-22(2,3)15-7-9-17-18(13-15)19-14-16(23(4,5)6)8-10-20(19)25-12-11-24-21(17)25;;;;/h7-9,11-20H,1-6H3;7-9,11-18H,1-6H3;4-9,11-14H,1-3H3;7-8,10-14H,1-6H3;;;;/q4*-1;;;;. The van der Waals surface area contributed by atoms with E-state index >= 15 is 0 Å². The van der Waals surface area contributed by atoms with Crippen LogP contribution in [0.3, 0.4) is 0 Å². The first kappa shape index (κ1) is 88.2. The molecule has 8 heterocycles. The molecule has 8 nitrogen and oxygen atoms in total. The van der Waals surface area contributed by atoms with E-state index in [9.17, 15) is 0 Å². The molecule has 8 aromatic heterocycles. The summed E-state index contributed by atoms with van der Waals surface area (Å²) >= 11 is 0. The molecule has 0 atom stereocenters. The Morgan fingerprint density at radius 3 is 1.31 bits per heavy atom. The molecule has 0 aliphatic heterocycles. The van der Waals surface area contributed by atoms with E-state index in [-0.39, 0.29) is 102 Å². The molecule has 118 heavy (non-hydrogen) atoms. The fourth-order valence-electron chi connectivity index (χ4n) is 16.9. The van der Waals surface area contributed by atoms with E-state index < -0.39 is 0 Å². The summed E-state index contributed by atoms with van der Waals surface area (Å²) in [6.07, 6.45) is 13.8. The molecule has 0 N–H and O–H groups in total. The molecule has 0 spiro atoms. The Morgan fingerprint density at radius 1 is 0.339 bits per heavy atom. The van der Waals surface area contributed by atoms with Crippen LogP contribution in [0.5, 0.6) is 0 Å². The van der Waals surface area contributed by atoms with E-state index in [1.54, 1.807) is 0 Å². The zero-order chi connectivity index (χ0) is 80.4. The quantitative estimate of drug-likeness (QED) is 0.123. The second-order valence-electron chi connectivity index (χ2n) is 36.5. The molecule has 608 valence electrons. The van der Waals surface area contributed by atoms with Crippen molar-refractivity contribution >= 4 is 109 Å². The molecule has 0 unspecified atom stereocenters. The Balaban J connectivity index is 0.000000144. The first-order valence-corrected chi connectivity index (χ1v) is 40.6. The third kappa shape index (κ3) is 16.3. The summed E-state index contributed by atoms with van der Waals surface area (Å²) in [6.45, 7) is 47.5. The maximum atomic E-state index is 4.81. The van der Waals surface area contributed by atoms with Crippen LogP contribution < -0.4 is 0 Å². The van der Waals surface area contributed by atoms with Gasteiger partial charge in [-0.1, -0.05) is 249 Å². The van der Waals surface area contributed by atoms with Gasteiger partial charge >= 0.3 is 0 Å². The van der Waals surface area contributed by atoms with Gasteiger partial charge < -0.3 is 17.6 Å². The molecule has 0 bridgehead atoms. The molecule has 4 radical (unpaired) electrons. The van der Waals surface area contributed by atoms with Gasteiger partial charge in [-0.3, -0.25) is 19.9 Å². The average Bonchev–Trinajstić information content (AvgIpc) is 1.33. The van der Waals surface area contributed by atoms with Gasteiger partial charge in [0, 0.05) is 157 Å². The number of imidazole rings is 4. The smallest absolute Gasteiger partial charge is 0.0639 e. The van der Waals surface area contributed by atoms with Gasteiger partial charge in [0.2, 0.25) is 0 Å². The Bertz CT molecular complexity index is 6840. The molecule has 0 saturated carbocycles. The normalized spacial score (nSPS) is 12.1. The molecule has 0 saturated heterocycles. The van der Waals surface area contributed by atoms with Crippen molar-refractivity contribution in [2.45, 2.75) is 185 Å². The molecular formula is C106H104Ir4N8-4. The van der Waals surface area contributed by atoms with Gasteiger partial charge in [0.15, 0.2) is 0 Å². The van der Waals surface area contributed by atoms with E-state index in [0.717, 1.165) is 49.8 Å². The number of fused-ring (bicyclic) bond motifs is 24. The Morgan fingerprint density at radius 2 is 0.780 bits per heavy atom. The predicted octanol–water partition coefficient (Wildman–Crippen LogP) is 28.2. The van der Waals surface area contributed by atoms with Gasteiger partial charge in [-0.05, 0) is 167 Å². The van der Waals surface area contributed by atoms with E-state index in [0.29, 0.717) is 17.8 Å². The minimum absolute atomic E-state index is 0. The number of pyridine rings is 4. The summed E-state index contributed by atoms with van der Waals surface area (Å²) in [5, 5.41) is 14.2. The van der Waals surface area contributed by atoms with Crippen molar-refractivity contribution in [2.24, 2.45) is 0 Å². The van der Waals surface area contributed by atoms with Crippen LogP contribution in [-0.4, -0.2) is 37.5 Å². The molecule has 0 aliphatic carbocycles. The summed E-state index contributed by atoms with van der Waals surface area (Å²) in [5.74, 6) is 1.43. The number of hydrogen-bond acceptors (Lipinski definition) is 4. The van der Waals surface area contributed by atoms with E-state index in [1.807, 2.05) is 55.4 Å². The van der Waals surface area contributed by atoms with E-state index in [4.69, 9.17) is 4.98 Å². The summed E-state index contributed by atoms with van der Waals surface area (Å²) in [6, 6.07) is 82.5. The molecular weight excluding hydrogens is 2150 g/mol.